The monoisotopic (exact) mass is 409 g/mol. The minimum Gasteiger partial charge on any atom is -0.462 e. The molecule has 1 aliphatic rings. The molecule has 0 saturated carbocycles. The Labute approximate surface area is 170 Å². The minimum atomic E-state index is -1.65. The second-order valence-corrected chi connectivity index (χ2v) is 6.94. The van der Waals surface area contributed by atoms with Gasteiger partial charge in [0.2, 0.25) is 0 Å². The van der Waals surface area contributed by atoms with Crippen LogP contribution in [0.1, 0.15) is 37.4 Å². The van der Waals surface area contributed by atoms with Gasteiger partial charge in [-0.3, -0.25) is 14.4 Å². The number of aliphatic imine (C=N–C) groups is 2. The number of carbonyl (C=O) groups excluding carboxylic acids is 1. The number of esters is 1. The van der Waals surface area contributed by atoms with Crippen LogP contribution in [0, 0.1) is 0 Å². The summed E-state index contributed by atoms with van der Waals surface area (Å²) in [5.74, 6) is -0.719. The van der Waals surface area contributed by atoms with Crippen LogP contribution in [-0.2, 0) is 4.74 Å². The highest BCUT2D eigenvalue weighted by molar-refractivity contribution is 6.33. The van der Waals surface area contributed by atoms with Gasteiger partial charge in [-0.15, -0.1) is 0 Å². The number of rotatable bonds is 6. The van der Waals surface area contributed by atoms with Crippen molar-refractivity contribution in [2.75, 3.05) is 34.8 Å². The van der Waals surface area contributed by atoms with E-state index in [1.54, 1.807) is 44.9 Å². The van der Waals surface area contributed by atoms with Crippen molar-refractivity contribution in [3.8, 4) is 0 Å². The maximum Gasteiger partial charge on any atom is 0.345 e. The van der Waals surface area contributed by atoms with E-state index in [1.165, 1.54) is 19.6 Å². The van der Waals surface area contributed by atoms with Gasteiger partial charge < -0.3 is 14.5 Å². The van der Waals surface area contributed by atoms with Crippen molar-refractivity contribution >= 4 is 35.9 Å². The number of hydrogen-bond acceptors (Lipinski definition) is 6. The van der Waals surface area contributed by atoms with Crippen molar-refractivity contribution in [3.05, 3.63) is 33.0 Å². The van der Waals surface area contributed by atoms with Crippen LogP contribution in [0.3, 0.4) is 0 Å². The molecule has 1 aromatic heterocycles. The summed E-state index contributed by atoms with van der Waals surface area (Å²) >= 11 is 6.58. The molecule has 0 spiro atoms. The van der Waals surface area contributed by atoms with Crippen molar-refractivity contribution in [3.63, 3.8) is 0 Å². The van der Waals surface area contributed by atoms with E-state index in [0.717, 1.165) is 10.8 Å². The highest BCUT2D eigenvalue weighted by Crippen LogP contribution is 2.36. The van der Waals surface area contributed by atoms with Crippen LogP contribution < -0.4 is 5.56 Å². The molecule has 9 nitrogen and oxygen atoms in total. The molecule has 2 atom stereocenters. The summed E-state index contributed by atoms with van der Waals surface area (Å²) < 4.78 is 14.9. The molecule has 1 aromatic rings. The summed E-state index contributed by atoms with van der Waals surface area (Å²) in [4.78, 5) is 41.6. The van der Waals surface area contributed by atoms with Gasteiger partial charge in [0.05, 0.1) is 31.7 Å². The molecule has 152 valence electrons. The van der Waals surface area contributed by atoms with E-state index < -0.39 is 23.6 Å². The van der Waals surface area contributed by atoms with Crippen LogP contribution in [0.15, 0.2) is 26.0 Å². The SMILES string of the molecule is [2H]C1(C)C(N=CN(C)C)C(Cl)=C(N=CN(C)C)c2ncc(C(=O)OCC)c(=O)n21. The average molecular weight is 410 g/mol. The predicted octanol–water partition coefficient (Wildman–Crippen LogP) is 1.45. The third-order valence-electron chi connectivity index (χ3n) is 3.75. The lowest BCUT2D eigenvalue weighted by molar-refractivity contribution is 0.0522. The number of ether oxygens (including phenoxy) is 1. The van der Waals surface area contributed by atoms with Crippen molar-refractivity contribution in [2.45, 2.75) is 25.9 Å². The summed E-state index contributed by atoms with van der Waals surface area (Å²) in [5, 5.41) is 0.175. The Kier molecular flexibility index (Phi) is 6.45. The standard InChI is InChI=1S/C18H25ClN6O3/c1-7-28-18(27)12-8-20-16-15(22-10-24(5)6)13(19)14(21-9-23(3)4)11(2)25(16)17(12)26/h8-11,14H,7H2,1-6H3/i11D. The van der Waals surface area contributed by atoms with Crippen LogP contribution in [0.25, 0.3) is 5.70 Å². The molecule has 0 amide bonds. The van der Waals surface area contributed by atoms with Gasteiger partial charge >= 0.3 is 5.97 Å². The van der Waals surface area contributed by atoms with Crippen LogP contribution in [-0.4, -0.2) is 78.8 Å². The molecule has 1 aliphatic heterocycles. The Hall–Kier alpha value is -2.68. The Bertz CT molecular complexity index is 936. The predicted molar refractivity (Wildman–Crippen MR) is 110 cm³/mol. The van der Waals surface area contributed by atoms with Gasteiger partial charge in [0.1, 0.15) is 17.3 Å². The Balaban J connectivity index is 2.81. The zero-order valence-corrected chi connectivity index (χ0v) is 17.6. The average Bonchev–Trinajstić information content (AvgIpc) is 2.60. The number of aromatic nitrogens is 2. The Morgan fingerprint density at radius 3 is 2.61 bits per heavy atom. The second kappa shape index (κ2) is 9.01. The first-order chi connectivity index (χ1) is 13.5. The van der Waals surface area contributed by atoms with Crippen LogP contribution in [0.2, 0.25) is 0 Å². The quantitative estimate of drug-likeness (QED) is 0.401. The fourth-order valence-electron chi connectivity index (χ4n) is 2.51. The van der Waals surface area contributed by atoms with Crippen molar-refractivity contribution in [2.24, 2.45) is 9.98 Å². The Morgan fingerprint density at radius 1 is 1.39 bits per heavy atom. The first kappa shape index (κ1) is 20.1. The molecule has 10 heteroatoms. The van der Waals surface area contributed by atoms with Gasteiger partial charge in [-0.2, -0.15) is 0 Å². The number of hydrogen-bond donors (Lipinski definition) is 0. The lowest BCUT2D eigenvalue weighted by Crippen LogP contribution is -2.39. The van der Waals surface area contributed by atoms with E-state index in [-0.39, 0.29) is 28.7 Å². The topological polar surface area (TPSA) is 92.4 Å². The lowest BCUT2D eigenvalue weighted by Gasteiger charge is -2.30. The maximum atomic E-state index is 13.1. The molecular formula is C18H25ClN6O3. The molecule has 0 fully saturated rings. The maximum absolute atomic E-state index is 13.1. The zero-order valence-electron chi connectivity index (χ0n) is 17.8. The molecule has 0 bridgehead atoms. The minimum absolute atomic E-state index is 0.0833. The molecule has 28 heavy (non-hydrogen) atoms. The normalized spacial score (nSPS) is 22.4. The molecule has 0 N–H and O–H groups in total. The van der Waals surface area contributed by atoms with Crippen LogP contribution in [0.5, 0.6) is 0 Å². The van der Waals surface area contributed by atoms with Crippen molar-refractivity contribution in [1.82, 2.24) is 19.4 Å². The summed E-state index contributed by atoms with van der Waals surface area (Å²) in [6, 6.07) is -2.59. The van der Waals surface area contributed by atoms with Gasteiger partial charge in [0.25, 0.3) is 5.56 Å². The van der Waals surface area contributed by atoms with Gasteiger partial charge in [0.15, 0.2) is 5.82 Å². The van der Waals surface area contributed by atoms with Crippen LogP contribution in [0.4, 0.5) is 0 Å². The summed E-state index contributed by atoms with van der Waals surface area (Å²) in [7, 11) is 7.11. The summed E-state index contributed by atoms with van der Waals surface area (Å²) in [6.45, 7) is 3.23. The van der Waals surface area contributed by atoms with E-state index in [9.17, 15) is 9.59 Å². The first-order valence-corrected chi connectivity index (χ1v) is 9.00. The molecule has 0 aliphatic carbocycles. The van der Waals surface area contributed by atoms with Crippen molar-refractivity contribution in [1.29, 1.82) is 0 Å². The molecule has 0 radical (unpaired) electrons. The van der Waals surface area contributed by atoms with E-state index in [4.69, 9.17) is 17.7 Å². The summed E-state index contributed by atoms with van der Waals surface area (Å²) in [6.07, 6.45) is 4.14. The summed E-state index contributed by atoms with van der Waals surface area (Å²) in [5.41, 5.74) is -0.769. The largest absolute Gasteiger partial charge is 0.462 e. The molecule has 2 rings (SSSR count). The molecule has 0 aromatic carbocycles. The van der Waals surface area contributed by atoms with E-state index in [1.807, 2.05) is 0 Å². The number of nitrogens with zero attached hydrogens (tertiary/aromatic N) is 6. The molecule has 2 unspecified atom stereocenters. The fourth-order valence-corrected chi connectivity index (χ4v) is 2.85. The fraction of sp³-hybridized carbons (Fsp3) is 0.500. The van der Waals surface area contributed by atoms with Crippen LogP contribution >= 0.6 is 11.6 Å². The number of carbonyl (C=O) groups is 1. The number of fused-ring (bicyclic) bond motifs is 1. The van der Waals surface area contributed by atoms with Gasteiger partial charge in [0, 0.05) is 34.4 Å². The highest BCUT2D eigenvalue weighted by Gasteiger charge is 2.35. The molecule has 2 heterocycles. The third-order valence-corrected chi connectivity index (χ3v) is 4.13. The van der Waals surface area contributed by atoms with E-state index in [2.05, 4.69) is 15.0 Å². The van der Waals surface area contributed by atoms with Gasteiger partial charge in [-0.25, -0.2) is 14.8 Å². The second-order valence-electron chi connectivity index (χ2n) is 6.53. The smallest absolute Gasteiger partial charge is 0.345 e. The van der Waals surface area contributed by atoms with E-state index in [0.29, 0.717) is 0 Å². The van der Waals surface area contributed by atoms with Gasteiger partial charge in [-0.05, 0) is 13.8 Å². The number of halogens is 1. The zero-order chi connectivity index (χ0) is 21.9. The highest BCUT2D eigenvalue weighted by atomic mass is 35.5. The first-order valence-electron chi connectivity index (χ1n) is 9.12. The van der Waals surface area contributed by atoms with E-state index >= 15 is 0 Å². The van der Waals surface area contributed by atoms with Crippen molar-refractivity contribution < 1.29 is 10.9 Å². The Morgan fingerprint density at radius 2 is 2.04 bits per heavy atom. The van der Waals surface area contributed by atoms with Gasteiger partial charge in [-0.1, -0.05) is 11.6 Å². The molecule has 0 saturated heterocycles. The lowest BCUT2D eigenvalue weighted by atomic mass is 10.0. The molecular weight excluding hydrogens is 384 g/mol. The third kappa shape index (κ3) is 4.41.